The van der Waals surface area contributed by atoms with Crippen LogP contribution >= 0.6 is 0 Å². The van der Waals surface area contributed by atoms with Crippen molar-refractivity contribution in [3.05, 3.63) is 36.4 Å². The van der Waals surface area contributed by atoms with Crippen molar-refractivity contribution < 1.29 is 13.2 Å². The van der Waals surface area contributed by atoms with E-state index in [1.54, 1.807) is 6.08 Å². The first-order valence-corrected chi connectivity index (χ1v) is 7.51. The standard InChI is InChI=1S/C13H19N3O3S/c1-3-4-5-8-16(2)20(18,19)12-7-6-10(13(15)17)9-11(12)14/h3,6-7,9H,1,4-5,8,14H2,2H3,(H2,15,17). The summed E-state index contributed by atoms with van der Waals surface area (Å²) < 4.78 is 25.9. The van der Waals surface area contributed by atoms with E-state index in [2.05, 4.69) is 6.58 Å². The Bertz CT molecular complexity index is 611. The molecule has 0 aliphatic rings. The van der Waals surface area contributed by atoms with Gasteiger partial charge in [-0.1, -0.05) is 6.08 Å². The lowest BCUT2D eigenvalue weighted by atomic mass is 10.2. The fourth-order valence-electron chi connectivity index (χ4n) is 1.68. The van der Waals surface area contributed by atoms with Crippen LogP contribution in [0.3, 0.4) is 0 Å². The number of rotatable bonds is 7. The smallest absolute Gasteiger partial charge is 0.248 e. The summed E-state index contributed by atoms with van der Waals surface area (Å²) >= 11 is 0. The van der Waals surface area contributed by atoms with Crippen LogP contribution < -0.4 is 11.5 Å². The van der Waals surface area contributed by atoms with Gasteiger partial charge in [-0.3, -0.25) is 4.79 Å². The molecular formula is C13H19N3O3S. The molecule has 0 fully saturated rings. The quantitative estimate of drug-likeness (QED) is 0.444. The molecule has 0 aromatic heterocycles. The lowest BCUT2D eigenvalue weighted by Crippen LogP contribution is -2.28. The Morgan fingerprint density at radius 3 is 2.60 bits per heavy atom. The second kappa shape index (κ2) is 6.53. The second-order valence-corrected chi connectivity index (χ2v) is 6.39. The molecule has 1 rings (SSSR count). The number of sulfonamides is 1. The molecule has 0 saturated heterocycles. The molecule has 7 heteroatoms. The Kier molecular flexibility index (Phi) is 5.29. The molecule has 1 amide bonds. The molecule has 0 aliphatic heterocycles. The Hall–Kier alpha value is -1.86. The maximum absolute atomic E-state index is 12.3. The second-order valence-electron chi connectivity index (χ2n) is 4.37. The highest BCUT2D eigenvalue weighted by molar-refractivity contribution is 7.89. The molecule has 0 aliphatic carbocycles. The van der Waals surface area contributed by atoms with Gasteiger partial charge in [-0.25, -0.2) is 12.7 Å². The van der Waals surface area contributed by atoms with E-state index in [0.29, 0.717) is 13.0 Å². The van der Waals surface area contributed by atoms with Crippen LogP contribution in [0.1, 0.15) is 23.2 Å². The van der Waals surface area contributed by atoms with Crippen molar-refractivity contribution in [3.8, 4) is 0 Å². The van der Waals surface area contributed by atoms with Gasteiger partial charge in [0.25, 0.3) is 0 Å². The molecule has 20 heavy (non-hydrogen) atoms. The van der Waals surface area contributed by atoms with Crippen LogP contribution in [0.2, 0.25) is 0 Å². The molecule has 0 saturated carbocycles. The maximum Gasteiger partial charge on any atom is 0.248 e. The molecule has 0 bridgehead atoms. The summed E-state index contributed by atoms with van der Waals surface area (Å²) in [5, 5.41) is 0. The molecule has 1 aromatic carbocycles. The minimum absolute atomic E-state index is 0.0110. The van der Waals surface area contributed by atoms with Crippen LogP contribution in [-0.4, -0.2) is 32.2 Å². The van der Waals surface area contributed by atoms with E-state index in [1.807, 2.05) is 0 Å². The molecule has 0 atom stereocenters. The summed E-state index contributed by atoms with van der Waals surface area (Å²) in [7, 11) is -2.18. The van der Waals surface area contributed by atoms with Crippen LogP contribution in [0.15, 0.2) is 35.7 Å². The van der Waals surface area contributed by atoms with Gasteiger partial charge in [0, 0.05) is 19.2 Å². The van der Waals surface area contributed by atoms with Crippen molar-refractivity contribution >= 4 is 21.6 Å². The summed E-state index contributed by atoms with van der Waals surface area (Å²) in [6, 6.07) is 3.92. The van der Waals surface area contributed by atoms with E-state index >= 15 is 0 Å². The highest BCUT2D eigenvalue weighted by Crippen LogP contribution is 2.23. The van der Waals surface area contributed by atoms with Gasteiger partial charge in [0.2, 0.25) is 15.9 Å². The third-order valence-corrected chi connectivity index (χ3v) is 4.79. The lowest BCUT2D eigenvalue weighted by molar-refractivity contribution is 0.1000. The molecule has 0 radical (unpaired) electrons. The number of hydrogen-bond acceptors (Lipinski definition) is 4. The zero-order valence-electron chi connectivity index (χ0n) is 11.4. The first kappa shape index (κ1) is 16.2. The Morgan fingerprint density at radius 2 is 2.10 bits per heavy atom. The Balaban J connectivity index is 3.03. The minimum atomic E-state index is -3.67. The molecule has 4 N–H and O–H groups in total. The Morgan fingerprint density at radius 1 is 1.45 bits per heavy atom. The maximum atomic E-state index is 12.3. The van der Waals surface area contributed by atoms with Gasteiger partial charge in [-0.2, -0.15) is 0 Å². The molecule has 6 nitrogen and oxygen atoms in total. The van der Waals surface area contributed by atoms with E-state index in [4.69, 9.17) is 11.5 Å². The summed E-state index contributed by atoms with van der Waals surface area (Å²) in [4.78, 5) is 11.0. The largest absolute Gasteiger partial charge is 0.398 e. The highest BCUT2D eigenvalue weighted by atomic mass is 32.2. The third-order valence-electron chi connectivity index (χ3n) is 2.86. The number of nitrogens with zero attached hydrogens (tertiary/aromatic N) is 1. The predicted octanol–water partition coefficient (Wildman–Crippen LogP) is 0.954. The van der Waals surface area contributed by atoms with Crippen LogP contribution in [-0.2, 0) is 10.0 Å². The van der Waals surface area contributed by atoms with Gasteiger partial charge in [0.1, 0.15) is 4.90 Å². The van der Waals surface area contributed by atoms with Gasteiger partial charge in [0.05, 0.1) is 5.69 Å². The molecule has 110 valence electrons. The number of amides is 1. The number of nitrogens with two attached hydrogens (primary N) is 2. The van der Waals surface area contributed by atoms with Gasteiger partial charge in [-0.05, 0) is 31.0 Å². The van der Waals surface area contributed by atoms with Crippen molar-refractivity contribution in [2.75, 3.05) is 19.3 Å². The first-order chi connectivity index (χ1) is 9.30. The number of carbonyl (C=O) groups is 1. The number of nitrogen functional groups attached to an aromatic ring is 1. The number of anilines is 1. The van der Waals surface area contributed by atoms with E-state index in [9.17, 15) is 13.2 Å². The van der Waals surface area contributed by atoms with Crippen LogP contribution in [0.4, 0.5) is 5.69 Å². The number of primary amides is 1. The summed E-state index contributed by atoms with van der Waals surface area (Å²) in [5.41, 5.74) is 11.0. The van der Waals surface area contributed by atoms with Crippen LogP contribution in [0.5, 0.6) is 0 Å². The number of carbonyl (C=O) groups excluding carboxylic acids is 1. The predicted molar refractivity (Wildman–Crippen MR) is 78.6 cm³/mol. The van der Waals surface area contributed by atoms with E-state index in [1.165, 1.54) is 29.6 Å². The van der Waals surface area contributed by atoms with Gasteiger partial charge in [-0.15, -0.1) is 6.58 Å². The zero-order valence-corrected chi connectivity index (χ0v) is 12.2. The minimum Gasteiger partial charge on any atom is -0.398 e. The number of hydrogen-bond donors (Lipinski definition) is 2. The fraction of sp³-hybridized carbons (Fsp3) is 0.308. The van der Waals surface area contributed by atoms with Crippen molar-refractivity contribution in [2.24, 2.45) is 5.73 Å². The number of unbranched alkanes of at least 4 members (excludes halogenated alkanes) is 1. The van der Waals surface area contributed by atoms with E-state index in [-0.39, 0.29) is 16.1 Å². The monoisotopic (exact) mass is 297 g/mol. The molecule has 0 unspecified atom stereocenters. The average Bonchev–Trinajstić information content (AvgIpc) is 2.38. The van der Waals surface area contributed by atoms with Crippen LogP contribution in [0, 0.1) is 0 Å². The van der Waals surface area contributed by atoms with Crippen molar-refractivity contribution in [2.45, 2.75) is 17.7 Å². The van der Waals surface area contributed by atoms with Gasteiger partial charge in [0.15, 0.2) is 0 Å². The number of benzene rings is 1. The van der Waals surface area contributed by atoms with Gasteiger partial charge >= 0.3 is 0 Å². The molecule has 0 spiro atoms. The summed E-state index contributed by atoms with van der Waals surface area (Å²) in [6.45, 7) is 3.95. The average molecular weight is 297 g/mol. The lowest BCUT2D eigenvalue weighted by Gasteiger charge is -2.18. The normalized spacial score (nSPS) is 11.5. The van der Waals surface area contributed by atoms with Gasteiger partial charge < -0.3 is 11.5 Å². The number of allylic oxidation sites excluding steroid dienone is 1. The highest BCUT2D eigenvalue weighted by Gasteiger charge is 2.23. The first-order valence-electron chi connectivity index (χ1n) is 6.07. The van der Waals surface area contributed by atoms with Crippen LogP contribution in [0.25, 0.3) is 0 Å². The van der Waals surface area contributed by atoms with Crippen molar-refractivity contribution in [1.29, 1.82) is 0 Å². The van der Waals surface area contributed by atoms with E-state index < -0.39 is 15.9 Å². The van der Waals surface area contributed by atoms with Crippen molar-refractivity contribution in [3.63, 3.8) is 0 Å². The summed E-state index contributed by atoms with van der Waals surface area (Å²) in [6.07, 6.45) is 3.14. The van der Waals surface area contributed by atoms with E-state index in [0.717, 1.165) is 6.42 Å². The topological polar surface area (TPSA) is 106 Å². The molecular weight excluding hydrogens is 278 g/mol. The SMILES string of the molecule is C=CCCCN(C)S(=O)(=O)c1ccc(C(N)=O)cc1N. The Labute approximate surface area is 119 Å². The summed E-state index contributed by atoms with van der Waals surface area (Å²) in [5.74, 6) is -0.653. The third kappa shape index (κ3) is 3.58. The fourth-order valence-corrected chi connectivity index (χ4v) is 2.99. The molecule has 1 aromatic rings. The molecule has 0 heterocycles. The van der Waals surface area contributed by atoms with Crippen molar-refractivity contribution in [1.82, 2.24) is 4.31 Å². The zero-order chi connectivity index (χ0) is 15.3.